The van der Waals surface area contributed by atoms with E-state index < -0.39 is 0 Å². The maximum Gasteiger partial charge on any atom is 0.0407 e. The molecular weight excluding hydrogens is 196 g/mol. The first kappa shape index (κ1) is 11.3. The molecule has 1 rings (SSSR count). The Labute approximate surface area is 90.7 Å². The van der Waals surface area contributed by atoms with E-state index in [9.17, 15) is 0 Å². The fourth-order valence-electron chi connectivity index (χ4n) is 1.42. The summed E-state index contributed by atoms with van der Waals surface area (Å²) in [4.78, 5) is 2.24. The highest BCUT2D eigenvalue weighted by atomic mass is 35.5. The Balaban J connectivity index is 2.73. The minimum Gasteiger partial charge on any atom is -0.370 e. The Bertz CT molecular complexity index is 269. The number of nitrogens with two attached hydrogens (primary N) is 1. The largest absolute Gasteiger partial charge is 0.370 e. The lowest BCUT2D eigenvalue weighted by atomic mass is 10.2. The van der Waals surface area contributed by atoms with Gasteiger partial charge < -0.3 is 10.6 Å². The fraction of sp³-hybridized carbons (Fsp3) is 0.455. The van der Waals surface area contributed by atoms with Gasteiger partial charge in [0, 0.05) is 29.8 Å². The summed E-state index contributed by atoms with van der Waals surface area (Å²) in [6, 6.07) is 8.04. The van der Waals surface area contributed by atoms with Crippen LogP contribution in [-0.4, -0.2) is 19.1 Å². The normalized spacial score (nSPS) is 12.6. The van der Waals surface area contributed by atoms with Crippen molar-refractivity contribution < 1.29 is 0 Å². The van der Waals surface area contributed by atoms with E-state index in [0.29, 0.717) is 0 Å². The molecular formula is C11H17ClN2. The Morgan fingerprint density at radius 1 is 1.36 bits per heavy atom. The van der Waals surface area contributed by atoms with E-state index in [1.807, 2.05) is 31.2 Å². The van der Waals surface area contributed by atoms with Crippen molar-refractivity contribution in [3.63, 3.8) is 0 Å². The van der Waals surface area contributed by atoms with Crippen molar-refractivity contribution >= 4 is 17.3 Å². The molecule has 2 N–H and O–H groups in total. The molecule has 0 heterocycles. The molecule has 0 aliphatic rings. The van der Waals surface area contributed by atoms with Gasteiger partial charge in [0.15, 0.2) is 0 Å². The molecule has 78 valence electrons. The Morgan fingerprint density at radius 2 is 1.93 bits per heavy atom. The maximum absolute atomic E-state index is 5.82. The van der Waals surface area contributed by atoms with Crippen LogP contribution in [0.2, 0.25) is 5.02 Å². The Morgan fingerprint density at radius 3 is 2.36 bits per heavy atom. The molecule has 0 bridgehead atoms. The van der Waals surface area contributed by atoms with Gasteiger partial charge in [-0.15, -0.1) is 0 Å². The number of likely N-dealkylation sites (N-methyl/N-ethyl adjacent to an activating group) is 1. The van der Waals surface area contributed by atoms with Gasteiger partial charge in [-0.25, -0.2) is 0 Å². The second-order valence-electron chi connectivity index (χ2n) is 3.49. The molecule has 0 spiro atoms. The van der Waals surface area contributed by atoms with Crippen molar-refractivity contribution in [2.24, 2.45) is 5.73 Å². The van der Waals surface area contributed by atoms with Crippen molar-refractivity contribution in [2.45, 2.75) is 19.9 Å². The summed E-state index contributed by atoms with van der Waals surface area (Å²) in [5.74, 6) is 0. The van der Waals surface area contributed by atoms with Crippen LogP contribution < -0.4 is 10.6 Å². The van der Waals surface area contributed by atoms with Crippen LogP contribution in [0.4, 0.5) is 5.69 Å². The SMILES string of the molecule is CCN(CC(C)N)c1ccc(Cl)cc1. The molecule has 0 aliphatic heterocycles. The van der Waals surface area contributed by atoms with Crippen molar-refractivity contribution in [1.29, 1.82) is 0 Å². The quantitative estimate of drug-likeness (QED) is 0.831. The van der Waals surface area contributed by atoms with Crippen LogP contribution in [0.1, 0.15) is 13.8 Å². The van der Waals surface area contributed by atoms with E-state index in [4.69, 9.17) is 17.3 Å². The van der Waals surface area contributed by atoms with E-state index in [1.54, 1.807) is 0 Å². The highest BCUT2D eigenvalue weighted by Crippen LogP contribution is 2.17. The van der Waals surface area contributed by atoms with E-state index in [-0.39, 0.29) is 6.04 Å². The zero-order valence-corrected chi connectivity index (χ0v) is 9.46. The standard InChI is InChI=1S/C11H17ClN2/c1-3-14(8-9(2)13)11-6-4-10(12)5-7-11/h4-7,9H,3,8,13H2,1-2H3. The van der Waals surface area contributed by atoms with E-state index >= 15 is 0 Å². The van der Waals surface area contributed by atoms with Crippen molar-refractivity contribution in [2.75, 3.05) is 18.0 Å². The molecule has 0 radical (unpaired) electrons. The summed E-state index contributed by atoms with van der Waals surface area (Å²) in [6.07, 6.45) is 0. The average Bonchev–Trinajstić information content (AvgIpc) is 2.15. The van der Waals surface area contributed by atoms with Crippen LogP contribution in [0.5, 0.6) is 0 Å². The van der Waals surface area contributed by atoms with Gasteiger partial charge in [-0.3, -0.25) is 0 Å². The number of hydrogen-bond acceptors (Lipinski definition) is 2. The summed E-state index contributed by atoms with van der Waals surface area (Å²) in [6.45, 7) is 5.97. The molecule has 1 atom stereocenters. The lowest BCUT2D eigenvalue weighted by Crippen LogP contribution is -2.35. The van der Waals surface area contributed by atoms with Gasteiger partial charge in [0.1, 0.15) is 0 Å². The number of rotatable bonds is 4. The highest BCUT2D eigenvalue weighted by molar-refractivity contribution is 6.30. The molecule has 2 nitrogen and oxygen atoms in total. The minimum absolute atomic E-state index is 0.186. The van der Waals surface area contributed by atoms with Crippen molar-refractivity contribution in [3.05, 3.63) is 29.3 Å². The molecule has 1 unspecified atom stereocenters. The highest BCUT2D eigenvalue weighted by Gasteiger charge is 2.05. The van der Waals surface area contributed by atoms with E-state index in [0.717, 1.165) is 18.1 Å². The van der Waals surface area contributed by atoms with Crippen molar-refractivity contribution in [1.82, 2.24) is 0 Å². The molecule has 14 heavy (non-hydrogen) atoms. The number of hydrogen-bond donors (Lipinski definition) is 1. The second kappa shape index (κ2) is 5.23. The van der Waals surface area contributed by atoms with E-state index in [1.165, 1.54) is 5.69 Å². The van der Waals surface area contributed by atoms with Gasteiger partial charge in [0.25, 0.3) is 0 Å². The van der Waals surface area contributed by atoms with Gasteiger partial charge >= 0.3 is 0 Å². The summed E-state index contributed by atoms with van der Waals surface area (Å²) < 4.78 is 0. The van der Waals surface area contributed by atoms with Crippen LogP contribution in [0.15, 0.2) is 24.3 Å². The Kier molecular flexibility index (Phi) is 4.23. The van der Waals surface area contributed by atoms with Crippen LogP contribution in [0, 0.1) is 0 Å². The molecule has 0 saturated carbocycles. The van der Waals surface area contributed by atoms with Gasteiger partial charge in [-0.2, -0.15) is 0 Å². The molecule has 0 aliphatic carbocycles. The summed E-state index contributed by atoms with van der Waals surface area (Å²) >= 11 is 5.82. The lowest BCUT2D eigenvalue weighted by Gasteiger charge is -2.24. The van der Waals surface area contributed by atoms with Gasteiger partial charge in [-0.05, 0) is 38.1 Å². The third-order valence-electron chi connectivity index (χ3n) is 2.08. The van der Waals surface area contributed by atoms with Gasteiger partial charge in [-0.1, -0.05) is 11.6 Å². The lowest BCUT2D eigenvalue weighted by molar-refractivity contribution is 0.689. The fourth-order valence-corrected chi connectivity index (χ4v) is 1.54. The molecule has 3 heteroatoms. The van der Waals surface area contributed by atoms with Gasteiger partial charge in [0.05, 0.1) is 0 Å². The maximum atomic E-state index is 5.82. The zero-order chi connectivity index (χ0) is 10.6. The number of anilines is 1. The summed E-state index contributed by atoms with van der Waals surface area (Å²) in [7, 11) is 0. The number of nitrogens with zero attached hydrogens (tertiary/aromatic N) is 1. The first-order valence-corrected chi connectivity index (χ1v) is 5.27. The Hall–Kier alpha value is -0.730. The first-order chi connectivity index (χ1) is 6.63. The smallest absolute Gasteiger partial charge is 0.0407 e. The van der Waals surface area contributed by atoms with Gasteiger partial charge in [0.2, 0.25) is 0 Å². The molecule has 1 aromatic carbocycles. The minimum atomic E-state index is 0.186. The predicted octanol–water partition coefficient (Wildman–Crippen LogP) is 2.51. The monoisotopic (exact) mass is 212 g/mol. The van der Waals surface area contributed by atoms with Crippen LogP contribution in [0.3, 0.4) is 0 Å². The third kappa shape index (κ3) is 3.20. The second-order valence-corrected chi connectivity index (χ2v) is 3.93. The predicted molar refractivity (Wildman–Crippen MR) is 63.0 cm³/mol. The zero-order valence-electron chi connectivity index (χ0n) is 8.70. The van der Waals surface area contributed by atoms with Crippen LogP contribution >= 0.6 is 11.6 Å². The summed E-state index contributed by atoms with van der Waals surface area (Å²) in [5, 5.41) is 0.769. The molecule has 0 aromatic heterocycles. The summed E-state index contributed by atoms with van der Waals surface area (Å²) in [5.41, 5.74) is 6.94. The number of benzene rings is 1. The van der Waals surface area contributed by atoms with Crippen molar-refractivity contribution in [3.8, 4) is 0 Å². The molecule has 0 saturated heterocycles. The molecule has 0 fully saturated rings. The molecule has 1 aromatic rings. The third-order valence-corrected chi connectivity index (χ3v) is 2.33. The first-order valence-electron chi connectivity index (χ1n) is 4.89. The molecule has 0 amide bonds. The number of halogens is 1. The topological polar surface area (TPSA) is 29.3 Å². The van der Waals surface area contributed by atoms with Crippen LogP contribution in [0.25, 0.3) is 0 Å². The average molecular weight is 213 g/mol. The van der Waals surface area contributed by atoms with E-state index in [2.05, 4.69) is 11.8 Å². The van der Waals surface area contributed by atoms with Crippen LogP contribution in [-0.2, 0) is 0 Å².